The zero-order valence-corrected chi connectivity index (χ0v) is 12.9. The van der Waals surface area contributed by atoms with Gasteiger partial charge in [0.05, 0.1) is 7.11 Å². The molecular weight excluding hydrogens is 262 g/mol. The normalized spacial score (nSPS) is 12.4. The monoisotopic (exact) mass is 285 g/mol. The van der Waals surface area contributed by atoms with Crippen LogP contribution < -0.4 is 10.1 Å². The molecule has 1 N–H and O–H groups in total. The summed E-state index contributed by atoms with van der Waals surface area (Å²) in [7, 11) is 5.86. The number of rotatable bonds is 7. The molecule has 0 fully saturated rings. The van der Waals surface area contributed by atoms with Gasteiger partial charge >= 0.3 is 0 Å². The molecule has 1 atom stereocenters. The van der Waals surface area contributed by atoms with Crippen molar-refractivity contribution in [2.24, 2.45) is 0 Å². The molecule has 1 aromatic heterocycles. The van der Waals surface area contributed by atoms with E-state index in [0.29, 0.717) is 0 Å². The molecule has 0 saturated heterocycles. The van der Waals surface area contributed by atoms with E-state index in [1.165, 1.54) is 11.1 Å². The Morgan fingerprint density at radius 1 is 1.19 bits per heavy atom. The van der Waals surface area contributed by atoms with Crippen molar-refractivity contribution in [2.45, 2.75) is 12.6 Å². The Balaban J connectivity index is 2.06. The van der Waals surface area contributed by atoms with Crippen LogP contribution in [-0.2, 0) is 6.54 Å². The van der Waals surface area contributed by atoms with Gasteiger partial charge in [0.2, 0.25) is 0 Å². The van der Waals surface area contributed by atoms with Gasteiger partial charge in [0, 0.05) is 31.5 Å². The third kappa shape index (κ3) is 4.85. The van der Waals surface area contributed by atoms with Crippen LogP contribution in [0.5, 0.6) is 5.75 Å². The highest BCUT2D eigenvalue weighted by Gasteiger charge is 2.12. The van der Waals surface area contributed by atoms with Gasteiger partial charge in [-0.3, -0.25) is 4.98 Å². The lowest BCUT2D eigenvalue weighted by atomic mass is 10.1. The van der Waals surface area contributed by atoms with Crippen molar-refractivity contribution in [1.29, 1.82) is 0 Å². The first-order chi connectivity index (χ1) is 10.2. The highest BCUT2D eigenvalue weighted by atomic mass is 16.5. The average Bonchev–Trinajstić information content (AvgIpc) is 2.52. The fraction of sp³-hybridized carbons (Fsp3) is 0.353. The van der Waals surface area contributed by atoms with Crippen LogP contribution in [0.15, 0.2) is 48.8 Å². The minimum Gasteiger partial charge on any atom is -0.497 e. The highest BCUT2D eigenvalue weighted by molar-refractivity contribution is 5.29. The van der Waals surface area contributed by atoms with E-state index in [9.17, 15) is 0 Å². The third-order valence-electron chi connectivity index (χ3n) is 3.34. The quantitative estimate of drug-likeness (QED) is 0.848. The largest absolute Gasteiger partial charge is 0.497 e. The standard InChI is InChI=1S/C17H23N3O/c1-20(2)13-17(15-6-8-16(21-3)9-7-15)19-12-14-5-4-10-18-11-14/h4-11,17,19H,12-13H2,1-3H3/t17-/m0/s1. The van der Waals surface area contributed by atoms with Crippen molar-refractivity contribution in [3.63, 3.8) is 0 Å². The Hall–Kier alpha value is -1.91. The molecule has 0 spiro atoms. The Morgan fingerprint density at radius 2 is 1.95 bits per heavy atom. The summed E-state index contributed by atoms with van der Waals surface area (Å²) in [5, 5.41) is 3.60. The molecule has 4 nitrogen and oxygen atoms in total. The molecule has 0 saturated carbocycles. The molecule has 0 aliphatic heterocycles. The number of methoxy groups -OCH3 is 1. The lowest BCUT2D eigenvalue weighted by molar-refractivity contribution is 0.340. The Kier molecular flexibility index (Phi) is 5.72. The second kappa shape index (κ2) is 7.76. The van der Waals surface area contributed by atoms with Gasteiger partial charge in [0.15, 0.2) is 0 Å². The molecule has 2 rings (SSSR count). The maximum Gasteiger partial charge on any atom is 0.118 e. The number of pyridine rings is 1. The predicted octanol–water partition coefficient (Wildman–Crippen LogP) is 2.48. The van der Waals surface area contributed by atoms with Crippen LogP contribution in [0, 0.1) is 0 Å². The summed E-state index contributed by atoms with van der Waals surface area (Å²) in [5.41, 5.74) is 2.45. The van der Waals surface area contributed by atoms with Crippen molar-refractivity contribution < 1.29 is 4.74 Å². The number of nitrogens with one attached hydrogen (secondary N) is 1. The second-order valence-electron chi connectivity index (χ2n) is 5.33. The first kappa shape index (κ1) is 15.5. The molecule has 0 aliphatic rings. The van der Waals surface area contributed by atoms with Gasteiger partial charge in [-0.15, -0.1) is 0 Å². The molecule has 2 aromatic rings. The van der Waals surface area contributed by atoms with E-state index in [4.69, 9.17) is 4.74 Å². The molecular formula is C17H23N3O. The molecule has 0 bridgehead atoms. The Labute approximate surface area is 126 Å². The maximum absolute atomic E-state index is 5.22. The summed E-state index contributed by atoms with van der Waals surface area (Å²) in [6.07, 6.45) is 3.69. The molecule has 112 valence electrons. The molecule has 4 heteroatoms. The van der Waals surface area contributed by atoms with Crippen molar-refractivity contribution in [1.82, 2.24) is 15.2 Å². The van der Waals surface area contributed by atoms with Crippen molar-refractivity contribution in [3.8, 4) is 5.75 Å². The first-order valence-corrected chi connectivity index (χ1v) is 7.10. The fourth-order valence-corrected chi connectivity index (χ4v) is 2.23. The summed E-state index contributed by atoms with van der Waals surface area (Å²) in [6.45, 7) is 1.74. The molecule has 0 aliphatic carbocycles. The fourth-order valence-electron chi connectivity index (χ4n) is 2.23. The van der Waals surface area contributed by atoms with Gasteiger partial charge in [0.1, 0.15) is 5.75 Å². The Bertz CT molecular complexity index is 525. The van der Waals surface area contributed by atoms with E-state index >= 15 is 0 Å². The van der Waals surface area contributed by atoms with E-state index in [0.717, 1.165) is 18.8 Å². The van der Waals surface area contributed by atoms with E-state index < -0.39 is 0 Å². The summed E-state index contributed by atoms with van der Waals surface area (Å²) < 4.78 is 5.22. The Morgan fingerprint density at radius 3 is 2.52 bits per heavy atom. The van der Waals surface area contributed by atoms with Crippen LogP contribution in [0.4, 0.5) is 0 Å². The first-order valence-electron chi connectivity index (χ1n) is 7.10. The van der Waals surface area contributed by atoms with E-state index in [1.54, 1.807) is 13.3 Å². The third-order valence-corrected chi connectivity index (χ3v) is 3.34. The number of hydrogen-bond donors (Lipinski definition) is 1. The topological polar surface area (TPSA) is 37.4 Å². The van der Waals surface area contributed by atoms with Crippen LogP contribution in [0.3, 0.4) is 0 Å². The van der Waals surface area contributed by atoms with Crippen molar-refractivity contribution in [3.05, 3.63) is 59.9 Å². The van der Waals surface area contributed by atoms with Crippen LogP contribution in [0.1, 0.15) is 17.2 Å². The van der Waals surface area contributed by atoms with Gasteiger partial charge < -0.3 is 15.0 Å². The van der Waals surface area contributed by atoms with Gasteiger partial charge in [-0.1, -0.05) is 18.2 Å². The van der Waals surface area contributed by atoms with Gasteiger partial charge in [0.25, 0.3) is 0 Å². The maximum atomic E-state index is 5.22. The van der Waals surface area contributed by atoms with Gasteiger partial charge in [-0.05, 0) is 43.4 Å². The zero-order valence-electron chi connectivity index (χ0n) is 12.9. The van der Waals surface area contributed by atoms with Crippen LogP contribution in [0.2, 0.25) is 0 Å². The predicted molar refractivity (Wildman–Crippen MR) is 85.4 cm³/mol. The highest BCUT2D eigenvalue weighted by Crippen LogP contribution is 2.18. The number of hydrogen-bond acceptors (Lipinski definition) is 4. The molecule has 0 unspecified atom stereocenters. The lowest BCUT2D eigenvalue weighted by Gasteiger charge is -2.23. The molecule has 1 aromatic carbocycles. The van der Waals surface area contributed by atoms with Crippen LogP contribution >= 0.6 is 0 Å². The molecule has 21 heavy (non-hydrogen) atoms. The van der Waals surface area contributed by atoms with Crippen LogP contribution in [0.25, 0.3) is 0 Å². The van der Waals surface area contributed by atoms with Crippen LogP contribution in [-0.4, -0.2) is 37.6 Å². The SMILES string of the molecule is COc1ccc([C@H](CN(C)C)NCc2cccnc2)cc1. The molecule has 1 heterocycles. The summed E-state index contributed by atoms with van der Waals surface area (Å²) in [6, 6.07) is 12.6. The number of nitrogens with zero attached hydrogens (tertiary/aromatic N) is 2. The van der Waals surface area contributed by atoms with E-state index in [-0.39, 0.29) is 6.04 Å². The number of benzene rings is 1. The van der Waals surface area contributed by atoms with Gasteiger partial charge in [-0.2, -0.15) is 0 Å². The van der Waals surface area contributed by atoms with Gasteiger partial charge in [-0.25, -0.2) is 0 Å². The summed E-state index contributed by atoms with van der Waals surface area (Å²) in [4.78, 5) is 6.34. The van der Waals surface area contributed by atoms with E-state index in [2.05, 4.69) is 47.5 Å². The average molecular weight is 285 g/mol. The minimum atomic E-state index is 0.270. The summed E-state index contributed by atoms with van der Waals surface area (Å²) in [5.74, 6) is 0.884. The smallest absolute Gasteiger partial charge is 0.118 e. The number of likely N-dealkylation sites (N-methyl/N-ethyl adjacent to an activating group) is 1. The number of ether oxygens (including phenoxy) is 1. The minimum absolute atomic E-state index is 0.270. The zero-order chi connectivity index (χ0) is 15.1. The lowest BCUT2D eigenvalue weighted by Crippen LogP contribution is -2.30. The summed E-state index contributed by atoms with van der Waals surface area (Å²) >= 11 is 0. The molecule has 0 radical (unpaired) electrons. The van der Waals surface area contributed by atoms with Crippen molar-refractivity contribution >= 4 is 0 Å². The second-order valence-corrected chi connectivity index (χ2v) is 5.33. The van der Waals surface area contributed by atoms with E-state index in [1.807, 2.05) is 24.4 Å². The molecule has 0 amide bonds. The van der Waals surface area contributed by atoms with Crippen molar-refractivity contribution in [2.75, 3.05) is 27.7 Å². The number of aromatic nitrogens is 1.